The average Bonchev–Trinajstić information content (AvgIpc) is 2.14. The molecular formula is C5H11N2O. The van der Waals surface area contributed by atoms with Crippen LogP contribution in [0.1, 0.15) is 12.8 Å². The molecule has 1 unspecified atom stereocenters. The minimum Gasteiger partial charge on any atom is -0.395 e. The summed E-state index contributed by atoms with van der Waals surface area (Å²) < 4.78 is 0. The highest BCUT2D eigenvalue weighted by Crippen LogP contribution is 2.12. The molecule has 2 N–H and O–H groups in total. The number of nitrogens with one attached hydrogen (secondary N) is 1. The number of nitrogens with zero attached hydrogens (tertiary/aromatic N) is 1. The van der Waals surface area contributed by atoms with Gasteiger partial charge in [0.1, 0.15) is 0 Å². The van der Waals surface area contributed by atoms with E-state index in [1.54, 1.807) is 0 Å². The molecule has 0 aromatic heterocycles. The normalized spacial score (nSPS) is 31.5. The van der Waals surface area contributed by atoms with Gasteiger partial charge in [0.25, 0.3) is 0 Å². The molecule has 0 aromatic carbocycles. The summed E-state index contributed by atoms with van der Waals surface area (Å²) in [5.74, 6) is 7.16. The molecule has 1 saturated heterocycles. The number of aliphatic hydroxyl groups is 1. The van der Waals surface area contributed by atoms with Gasteiger partial charge in [-0.25, -0.2) is 5.01 Å². The lowest BCUT2D eigenvalue weighted by molar-refractivity contribution is 0.153. The first-order chi connectivity index (χ1) is 3.84. The van der Waals surface area contributed by atoms with Crippen molar-refractivity contribution in [2.24, 2.45) is 0 Å². The molecule has 1 atom stereocenters. The molecule has 0 saturated carbocycles. The van der Waals surface area contributed by atoms with E-state index < -0.39 is 0 Å². The first kappa shape index (κ1) is 6.01. The van der Waals surface area contributed by atoms with Crippen molar-refractivity contribution in [2.75, 3.05) is 13.2 Å². The van der Waals surface area contributed by atoms with E-state index in [1.165, 1.54) is 5.01 Å². The fraction of sp³-hybridized carbons (Fsp3) is 1.00. The largest absolute Gasteiger partial charge is 0.395 e. The van der Waals surface area contributed by atoms with Gasteiger partial charge in [-0.1, -0.05) is 0 Å². The lowest BCUT2D eigenvalue weighted by Crippen LogP contribution is -2.30. The molecule has 0 aliphatic carbocycles. The van der Waals surface area contributed by atoms with Crippen molar-refractivity contribution in [1.82, 2.24) is 10.9 Å². The predicted octanol–water partition coefficient (Wildman–Crippen LogP) is -0.359. The van der Waals surface area contributed by atoms with Gasteiger partial charge in [-0.3, -0.25) is 0 Å². The molecular weight excluding hydrogens is 104 g/mol. The van der Waals surface area contributed by atoms with Crippen LogP contribution in [-0.2, 0) is 0 Å². The zero-order valence-electron chi connectivity index (χ0n) is 4.80. The maximum Gasteiger partial charge on any atom is 0.0601 e. The van der Waals surface area contributed by atoms with Crippen molar-refractivity contribution in [2.45, 2.75) is 18.9 Å². The van der Waals surface area contributed by atoms with E-state index in [4.69, 9.17) is 10.9 Å². The summed E-state index contributed by atoms with van der Waals surface area (Å²) in [4.78, 5) is 0. The SMILES string of the molecule is [NH]N1CCCC1CO. The average molecular weight is 115 g/mol. The van der Waals surface area contributed by atoms with Crippen molar-refractivity contribution in [1.29, 1.82) is 0 Å². The smallest absolute Gasteiger partial charge is 0.0601 e. The van der Waals surface area contributed by atoms with Crippen molar-refractivity contribution < 1.29 is 5.11 Å². The van der Waals surface area contributed by atoms with E-state index >= 15 is 0 Å². The number of hydrogen-bond donors (Lipinski definition) is 1. The molecule has 0 bridgehead atoms. The van der Waals surface area contributed by atoms with Gasteiger partial charge in [0.2, 0.25) is 0 Å². The van der Waals surface area contributed by atoms with Gasteiger partial charge in [-0.05, 0) is 12.8 Å². The second-order valence-electron chi connectivity index (χ2n) is 2.17. The Hall–Kier alpha value is -0.120. The second-order valence-corrected chi connectivity index (χ2v) is 2.17. The Labute approximate surface area is 49.1 Å². The van der Waals surface area contributed by atoms with E-state index in [-0.39, 0.29) is 12.6 Å². The van der Waals surface area contributed by atoms with Crippen molar-refractivity contribution >= 4 is 0 Å². The zero-order chi connectivity index (χ0) is 5.98. The summed E-state index contributed by atoms with van der Waals surface area (Å²) in [5, 5.41) is 10.0. The zero-order valence-corrected chi connectivity index (χ0v) is 4.80. The van der Waals surface area contributed by atoms with Gasteiger partial charge in [0.05, 0.1) is 6.61 Å². The highest BCUT2D eigenvalue weighted by Gasteiger charge is 2.20. The Morgan fingerprint density at radius 3 is 2.75 bits per heavy atom. The highest BCUT2D eigenvalue weighted by atomic mass is 16.3. The van der Waals surface area contributed by atoms with E-state index in [9.17, 15) is 0 Å². The number of aliphatic hydroxyl groups excluding tert-OH is 1. The lowest BCUT2D eigenvalue weighted by atomic mass is 10.2. The van der Waals surface area contributed by atoms with Crippen LogP contribution < -0.4 is 5.84 Å². The molecule has 0 amide bonds. The molecule has 0 spiro atoms. The Balaban J connectivity index is 2.30. The molecule has 3 nitrogen and oxygen atoms in total. The Bertz CT molecular complexity index is 76.8. The van der Waals surface area contributed by atoms with Gasteiger partial charge >= 0.3 is 0 Å². The summed E-state index contributed by atoms with van der Waals surface area (Å²) in [6.07, 6.45) is 2.05. The molecule has 1 heterocycles. The fourth-order valence-electron chi connectivity index (χ4n) is 1.03. The van der Waals surface area contributed by atoms with Crippen LogP contribution in [0.4, 0.5) is 0 Å². The van der Waals surface area contributed by atoms with Gasteiger partial charge in [0.15, 0.2) is 0 Å². The molecule has 0 aromatic rings. The van der Waals surface area contributed by atoms with E-state index in [0.717, 1.165) is 19.4 Å². The van der Waals surface area contributed by atoms with E-state index in [0.29, 0.717) is 0 Å². The van der Waals surface area contributed by atoms with Crippen molar-refractivity contribution in [3.63, 3.8) is 0 Å². The van der Waals surface area contributed by atoms with Crippen molar-refractivity contribution in [3.8, 4) is 0 Å². The molecule has 1 radical (unpaired) electrons. The van der Waals surface area contributed by atoms with E-state index in [1.807, 2.05) is 0 Å². The first-order valence-electron chi connectivity index (χ1n) is 2.93. The fourth-order valence-corrected chi connectivity index (χ4v) is 1.03. The maximum absolute atomic E-state index is 8.57. The minimum atomic E-state index is 0.120. The van der Waals surface area contributed by atoms with Crippen LogP contribution in [0.3, 0.4) is 0 Å². The van der Waals surface area contributed by atoms with E-state index in [2.05, 4.69) is 0 Å². The Kier molecular flexibility index (Phi) is 1.83. The van der Waals surface area contributed by atoms with Gasteiger partial charge in [-0.2, -0.15) is 5.84 Å². The Morgan fingerprint density at radius 2 is 2.50 bits per heavy atom. The van der Waals surface area contributed by atoms with Crippen LogP contribution in [0.2, 0.25) is 0 Å². The van der Waals surface area contributed by atoms with Crippen LogP contribution in [0, 0.1) is 0 Å². The lowest BCUT2D eigenvalue weighted by Gasteiger charge is -2.13. The van der Waals surface area contributed by atoms with Gasteiger partial charge in [0, 0.05) is 12.6 Å². The quantitative estimate of drug-likeness (QED) is 0.507. The summed E-state index contributed by atoms with van der Waals surface area (Å²) in [6, 6.07) is 0.120. The summed E-state index contributed by atoms with van der Waals surface area (Å²) in [5.41, 5.74) is 0. The summed E-state index contributed by atoms with van der Waals surface area (Å²) in [6.45, 7) is 0.967. The van der Waals surface area contributed by atoms with Crippen LogP contribution in [0.15, 0.2) is 0 Å². The van der Waals surface area contributed by atoms with Crippen LogP contribution >= 0.6 is 0 Å². The maximum atomic E-state index is 8.57. The molecule has 1 rings (SSSR count). The third kappa shape index (κ3) is 0.992. The summed E-state index contributed by atoms with van der Waals surface area (Å²) >= 11 is 0. The molecule has 1 aliphatic heterocycles. The minimum absolute atomic E-state index is 0.120. The van der Waals surface area contributed by atoms with Gasteiger partial charge < -0.3 is 5.11 Å². The third-order valence-corrected chi connectivity index (χ3v) is 1.59. The monoisotopic (exact) mass is 115 g/mol. The molecule has 1 fully saturated rings. The first-order valence-corrected chi connectivity index (χ1v) is 2.93. The molecule has 8 heavy (non-hydrogen) atoms. The molecule has 3 heteroatoms. The Morgan fingerprint density at radius 1 is 1.75 bits per heavy atom. The number of hydrogen-bond acceptors (Lipinski definition) is 2. The summed E-state index contributed by atoms with van der Waals surface area (Å²) in [7, 11) is 0. The van der Waals surface area contributed by atoms with Gasteiger partial charge in [-0.15, -0.1) is 0 Å². The second kappa shape index (κ2) is 2.44. The van der Waals surface area contributed by atoms with Crippen LogP contribution in [0.25, 0.3) is 0 Å². The third-order valence-electron chi connectivity index (χ3n) is 1.59. The van der Waals surface area contributed by atoms with Crippen molar-refractivity contribution in [3.05, 3.63) is 0 Å². The van der Waals surface area contributed by atoms with Crippen LogP contribution in [0.5, 0.6) is 0 Å². The topological polar surface area (TPSA) is 47.3 Å². The van der Waals surface area contributed by atoms with Crippen LogP contribution in [-0.4, -0.2) is 29.3 Å². The predicted molar refractivity (Wildman–Crippen MR) is 29.9 cm³/mol. The highest BCUT2D eigenvalue weighted by molar-refractivity contribution is 4.72. The number of rotatable bonds is 1. The molecule has 47 valence electrons. The standard InChI is InChI=1S/C5H11N2O/c6-7-3-1-2-5(7)4-8/h5-6,8H,1-4H2. The molecule has 1 aliphatic rings.